The maximum Gasteiger partial charge on any atom is 0.307 e. The molecule has 2 unspecified atom stereocenters. The number of halogens is 2. The van der Waals surface area contributed by atoms with Crippen LogP contribution >= 0.6 is 15.9 Å². The Hall–Kier alpha value is -1.47. The second kappa shape index (κ2) is 7.59. The Balaban J connectivity index is 1.34. The zero-order valence-corrected chi connectivity index (χ0v) is 18.5. The number of carboxylic acid groups (broad SMARTS) is 1. The normalized spacial score (nSPS) is 37.5. The van der Waals surface area contributed by atoms with Gasteiger partial charge >= 0.3 is 5.97 Å². The monoisotopic (exact) mass is 478 g/mol. The van der Waals surface area contributed by atoms with Crippen molar-refractivity contribution in [2.45, 2.75) is 38.6 Å². The summed E-state index contributed by atoms with van der Waals surface area (Å²) in [6.45, 7) is 2.16. The Morgan fingerprint density at radius 2 is 1.83 bits per heavy atom. The van der Waals surface area contributed by atoms with Gasteiger partial charge in [0.25, 0.3) is 0 Å². The van der Waals surface area contributed by atoms with Gasteiger partial charge in [0.1, 0.15) is 5.82 Å². The lowest BCUT2D eigenvalue weighted by Gasteiger charge is -2.27. The van der Waals surface area contributed by atoms with Crippen molar-refractivity contribution in [2.75, 3.05) is 13.1 Å². The molecule has 1 amide bonds. The van der Waals surface area contributed by atoms with E-state index in [0.29, 0.717) is 21.9 Å². The molecule has 1 spiro atoms. The van der Waals surface area contributed by atoms with Crippen LogP contribution in [-0.4, -0.2) is 30.1 Å². The maximum atomic E-state index is 14.1. The van der Waals surface area contributed by atoms with E-state index in [2.05, 4.69) is 26.6 Å². The molecule has 3 saturated carbocycles. The predicted molar refractivity (Wildman–Crippen MR) is 113 cm³/mol. The summed E-state index contributed by atoms with van der Waals surface area (Å²) in [5.74, 6) is -1.05. The van der Waals surface area contributed by atoms with Gasteiger partial charge in [-0.05, 0) is 86.4 Å². The predicted octanol–water partition coefficient (Wildman–Crippen LogP) is 3.57. The highest BCUT2D eigenvalue weighted by molar-refractivity contribution is 9.10. The van der Waals surface area contributed by atoms with Crippen LogP contribution in [0.15, 0.2) is 22.7 Å². The van der Waals surface area contributed by atoms with Crippen LogP contribution in [0.25, 0.3) is 0 Å². The summed E-state index contributed by atoms with van der Waals surface area (Å²) in [5, 5.41) is 16.3. The molecule has 30 heavy (non-hydrogen) atoms. The highest BCUT2D eigenvalue weighted by Crippen LogP contribution is 2.79. The van der Waals surface area contributed by atoms with Crippen LogP contribution in [0, 0.1) is 46.7 Å². The molecule has 0 radical (unpaired) electrons. The first-order valence-corrected chi connectivity index (χ1v) is 11.9. The molecule has 162 valence electrons. The number of hydrogen-bond donors (Lipinski definition) is 3. The minimum absolute atomic E-state index is 0.0515. The number of carbonyl (C=O) groups excluding carboxylic acids is 1. The second-order valence-electron chi connectivity index (χ2n) is 9.64. The Bertz CT molecular complexity index is 874. The fourth-order valence-electron chi connectivity index (χ4n) is 7.36. The quantitative estimate of drug-likeness (QED) is 0.604. The van der Waals surface area contributed by atoms with Gasteiger partial charge in [-0.15, -0.1) is 0 Å². The number of benzene rings is 1. The fourth-order valence-corrected chi connectivity index (χ4v) is 7.70. The van der Waals surface area contributed by atoms with E-state index in [4.69, 9.17) is 0 Å². The van der Waals surface area contributed by atoms with Gasteiger partial charge in [-0.2, -0.15) is 0 Å². The van der Waals surface area contributed by atoms with Gasteiger partial charge in [-0.3, -0.25) is 9.59 Å². The lowest BCUT2D eigenvalue weighted by atomic mass is 9.78. The topological polar surface area (TPSA) is 78.4 Å². The molecule has 4 aliphatic rings. The van der Waals surface area contributed by atoms with Gasteiger partial charge in [0, 0.05) is 16.6 Å². The second-order valence-corrected chi connectivity index (χ2v) is 10.6. The lowest BCUT2D eigenvalue weighted by Crippen LogP contribution is -2.41. The summed E-state index contributed by atoms with van der Waals surface area (Å²) in [5.41, 5.74) is 0.464. The van der Waals surface area contributed by atoms with Crippen molar-refractivity contribution in [1.29, 1.82) is 0 Å². The van der Waals surface area contributed by atoms with Crippen LogP contribution in [0.5, 0.6) is 0 Å². The summed E-state index contributed by atoms with van der Waals surface area (Å²) < 4.78 is 14.8. The van der Waals surface area contributed by atoms with Crippen molar-refractivity contribution in [1.82, 2.24) is 10.6 Å². The number of carboxylic acids is 1. The molecule has 5 nitrogen and oxygen atoms in total. The largest absolute Gasteiger partial charge is 0.481 e. The van der Waals surface area contributed by atoms with Crippen molar-refractivity contribution in [2.24, 2.45) is 40.9 Å². The average molecular weight is 479 g/mol. The molecule has 4 fully saturated rings. The molecule has 2 bridgehead atoms. The third-order valence-electron chi connectivity index (χ3n) is 8.54. The number of piperidine rings is 1. The maximum absolute atomic E-state index is 14.1. The van der Waals surface area contributed by atoms with Crippen LogP contribution in [0.2, 0.25) is 0 Å². The van der Waals surface area contributed by atoms with Crippen molar-refractivity contribution >= 4 is 27.8 Å². The third-order valence-corrected chi connectivity index (χ3v) is 9.03. The number of nitrogens with one attached hydrogen (secondary N) is 2. The van der Waals surface area contributed by atoms with E-state index >= 15 is 0 Å². The van der Waals surface area contributed by atoms with E-state index in [-0.39, 0.29) is 35.5 Å². The van der Waals surface area contributed by atoms with E-state index in [1.165, 1.54) is 6.07 Å². The van der Waals surface area contributed by atoms with Gasteiger partial charge in [0.05, 0.1) is 11.8 Å². The molecule has 0 aromatic heterocycles. The first kappa shape index (κ1) is 20.4. The van der Waals surface area contributed by atoms with E-state index in [9.17, 15) is 19.1 Å². The molecule has 3 N–H and O–H groups in total. The molecule has 1 saturated heterocycles. The Kier molecular flexibility index (Phi) is 5.17. The number of carbonyl (C=O) groups is 2. The molecular weight excluding hydrogens is 451 g/mol. The standard InChI is InChI=1S/C23H28BrFN2O3/c24-14-2-1-13(18(25)9-14)11-27-21(28)19-15-3-4-16(20(19)22(29)30)23(15)10-17(23)12-5-7-26-8-6-12/h1-2,9,12,15-17,19-20,26H,3-8,10-11H2,(H,27,28)(H,29,30)/t15-,16+,17?,19+,20+,23?/m0/s1. The molecular formula is C23H28BrFN2O3. The van der Waals surface area contributed by atoms with Gasteiger partial charge in [0.2, 0.25) is 5.91 Å². The van der Waals surface area contributed by atoms with E-state index in [1.807, 2.05) is 0 Å². The molecule has 1 aliphatic heterocycles. The van der Waals surface area contributed by atoms with Crippen LogP contribution in [0.1, 0.15) is 37.7 Å². The molecule has 1 heterocycles. The minimum Gasteiger partial charge on any atom is -0.481 e. The number of rotatable bonds is 5. The summed E-state index contributed by atoms with van der Waals surface area (Å²) in [7, 11) is 0. The summed E-state index contributed by atoms with van der Waals surface area (Å²) in [4.78, 5) is 25.4. The van der Waals surface area contributed by atoms with Crippen molar-refractivity contribution in [3.8, 4) is 0 Å². The highest BCUT2D eigenvalue weighted by atomic mass is 79.9. The minimum atomic E-state index is -0.840. The van der Waals surface area contributed by atoms with Crippen molar-refractivity contribution in [3.05, 3.63) is 34.1 Å². The SMILES string of the molecule is O=C(O)[C@H]1[C@H](C(=O)NCc2ccc(Br)cc2F)[C@@H]2CC[C@H]1C21CC1C1CCNCC1. The zero-order chi connectivity index (χ0) is 21.0. The van der Waals surface area contributed by atoms with E-state index in [1.54, 1.807) is 12.1 Å². The summed E-state index contributed by atoms with van der Waals surface area (Å²) in [6, 6.07) is 4.76. The van der Waals surface area contributed by atoms with Crippen LogP contribution in [0.4, 0.5) is 4.39 Å². The van der Waals surface area contributed by atoms with E-state index in [0.717, 1.165) is 45.2 Å². The number of amides is 1. The average Bonchev–Trinajstić information content (AvgIpc) is 3.30. The first-order chi connectivity index (χ1) is 14.4. The molecule has 1 aromatic rings. The van der Waals surface area contributed by atoms with Gasteiger partial charge in [-0.1, -0.05) is 22.0 Å². The smallest absolute Gasteiger partial charge is 0.307 e. The van der Waals surface area contributed by atoms with Gasteiger partial charge < -0.3 is 15.7 Å². The lowest BCUT2D eigenvalue weighted by molar-refractivity contribution is -0.149. The van der Waals surface area contributed by atoms with Gasteiger partial charge in [0.15, 0.2) is 0 Å². The van der Waals surface area contributed by atoms with Crippen LogP contribution in [-0.2, 0) is 16.1 Å². The summed E-state index contributed by atoms with van der Waals surface area (Å²) in [6.07, 6.45) is 5.27. The number of hydrogen-bond acceptors (Lipinski definition) is 3. The van der Waals surface area contributed by atoms with E-state index < -0.39 is 17.8 Å². The Morgan fingerprint density at radius 1 is 1.13 bits per heavy atom. The van der Waals surface area contributed by atoms with Gasteiger partial charge in [-0.25, -0.2) is 4.39 Å². The Labute approximate surface area is 184 Å². The zero-order valence-electron chi connectivity index (χ0n) is 16.9. The third kappa shape index (κ3) is 3.11. The highest BCUT2D eigenvalue weighted by Gasteiger charge is 2.76. The first-order valence-electron chi connectivity index (χ1n) is 11.1. The molecule has 6 atom stereocenters. The molecule has 5 rings (SSSR count). The fraction of sp³-hybridized carbons (Fsp3) is 0.652. The molecule has 7 heteroatoms. The van der Waals surface area contributed by atoms with Crippen LogP contribution < -0.4 is 10.6 Å². The van der Waals surface area contributed by atoms with Crippen molar-refractivity contribution in [3.63, 3.8) is 0 Å². The molecule has 1 aromatic carbocycles. The molecule has 3 aliphatic carbocycles. The van der Waals surface area contributed by atoms with Crippen LogP contribution in [0.3, 0.4) is 0 Å². The summed E-state index contributed by atoms with van der Waals surface area (Å²) >= 11 is 3.24. The number of aliphatic carboxylic acids is 1. The van der Waals surface area contributed by atoms with Crippen molar-refractivity contribution < 1.29 is 19.1 Å². The Morgan fingerprint density at radius 3 is 2.50 bits per heavy atom.